The number of nitrogens with zero attached hydrogens (tertiary/aromatic N) is 3. The molecule has 0 bridgehead atoms. The van der Waals surface area contributed by atoms with Crippen molar-refractivity contribution in [2.45, 2.75) is 37.8 Å². The molecule has 2 aromatic heterocycles. The number of nitrogens with one attached hydrogen (secondary N) is 1. The van der Waals surface area contributed by atoms with Gasteiger partial charge in [-0.25, -0.2) is 0 Å². The minimum Gasteiger partial charge on any atom is -0.359 e. The van der Waals surface area contributed by atoms with Crippen molar-refractivity contribution < 1.29 is 12.9 Å². The van der Waals surface area contributed by atoms with Gasteiger partial charge >= 0.3 is 0 Å². The summed E-state index contributed by atoms with van der Waals surface area (Å²) in [5.74, 6) is 0.958. The zero-order valence-corrected chi connectivity index (χ0v) is 11.9. The first-order valence-electron chi connectivity index (χ1n) is 6.52. The SMILES string of the molecule is Cc1oncc1NS(=O)(=O)c1ccnn1CC1CCC1. The Balaban J connectivity index is 1.84. The Kier molecular flexibility index (Phi) is 3.25. The van der Waals surface area contributed by atoms with Crippen molar-refractivity contribution in [1.82, 2.24) is 14.9 Å². The van der Waals surface area contributed by atoms with Crippen LogP contribution in [-0.2, 0) is 16.6 Å². The van der Waals surface area contributed by atoms with Crippen LogP contribution in [-0.4, -0.2) is 23.4 Å². The van der Waals surface area contributed by atoms with Crippen molar-refractivity contribution in [1.29, 1.82) is 0 Å². The lowest BCUT2D eigenvalue weighted by Gasteiger charge is -2.25. The Morgan fingerprint density at radius 1 is 1.50 bits per heavy atom. The molecule has 0 unspecified atom stereocenters. The minimum absolute atomic E-state index is 0.171. The number of aryl methyl sites for hydroxylation is 1. The van der Waals surface area contributed by atoms with Gasteiger partial charge in [0.15, 0.2) is 10.8 Å². The van der Waals surface area contributed by atoms with Crippen LogP contribution in [0.4, 0.5) is 5.69 Å². The largest absolute Gasteiger partial charge is 0.359 e. The van der Waals surface area contributed by atoms with Crippen molar-refractivity contribution in [3.8, 4) is 0 Å². The van der Waals surface area contributed by atoms with Gasteiger partial charge in [0.05, 0.1) is 12.4 Å². The lowest BCUT2D eigenvalue weighted by Crippen LogP contribution is -2.23. The van der Waals surface area contributed by atoms with Gasteiger partial charge in [-0.1, -0.05) is 11.6 Å². The molecule has 3 rings (SSSR count). The third-order valence-corrected chi connectivity index (χ3v) is 4.99. The van der Waals surface area contributed by atoms with Gasteiger partial charge in [-0.15, -0.1) is 0 Å². The molecule has 0 aromatic carbocycles. The highest BCUT2D eigenvalue weighted by Crippen LogP contribution is 2.28. The van der Waals surface area contributed by atoms with Crippen LogP contribution in [0.15, 0.2) is 28.0 Å². The predicted molar refractivity (Wildman–Crippen MR) is 71.6 cm³/mol. The monoisotopic (exact) mass is 296 g/mol. The second kappa shape index (κ2) is 4.93. The van der Waals surface area contributed by atoms with E-state index in [-0.39, 0.29) is 5.03 Å². The van der Waals surface area contributed by atoms with Gasteiger partial charge in [0.25, 0.3) is 10.0 Å². The van der Waals surface area contributed by atoms with Crippen molar-refractivity contribution in [3.63, 3.8) is 0 Å². The highest BCUT2D eigenvalue weighted by Gasteiger charge is 2.25. The Hall–Kier alpha value is -1.83. The van der Waals surface area contributed by atoms with Crippen LogP contribution in [0.25, 0.3) is 0 Å². The van der Waals surface area contributed by atoms with Gasteiger partial charge in [0.1, 0.15) is 5.69 Å². The molecule has 2 aromatic rings. The van der Waals surface area contributed by atoms with E-state index in [1.54, 1.807) is 11.6 Å². The van der Waals surface area contributed by atoms with E-state index < -0.39 is 10.0 Å². The summed E-state index contributed by atoms with van der Waals surface area (Å²) >= 11 is 0. The lowest BCUT2D eigenvalue weighted by molar-refractivity contribution is 0.258. The van der Waals surface area contributed by atoms with Crippen LogP contribution in [0, 0.1) is 12.8 Å². The van der Waals surface area contributed by atoms with Crippen molar-refractivity contribution >= 4 is 15.7 Å². The maximum atomic E-state index is 12.4. The quantitative estimate of drug-likeness (QED) is 0.908. The van der Waals surface area contributed by atoms with Gasteiger partial charge in [0.2, 0.25) is 0 Å². The molecule has 8 heteroatoms. The van der Waals surface area contributed by atoms with Crippen molar-refractivity contribution in [3.05, 3.63) is 24.2 Å². The number of hydrogen-bond acceptors (Lipinski definition) is 5. The Bertz CT molecular complexity index is 700. The van der Waals surface area contributed by atoms with E-state index in [2.05, 4.69) is 15.0 Å². The third kappa shape index (κ3) is 2.43. The molecule has 2 heterocycles. The fourth-order valence-corrected chi connectivity index (χ4v) is 3.43. The first-order chi connectivity index (χ1) is 9.56. The lowest BCUT2D eigenvalue weighted by atomic mass is 9.85. The zero-order chi connectivity index (χ0) is 14.2. The summed E-state index contributed by atoms with van der Waals surface area (Å²) in [6.45, 7) is 2.29. The highest BCUT2D eigenvalue weighted by molar-refractivity contribution is 7.92. The number of sulfonamides is 1. The van der Waals surface area contributed by atoms with Gasteiger partial charge in [-0.05, 0) is 31.7 Å². The summed E-state index contributed by atoms with van der Waals surface area (Å²) in [5, 5.41) is 7.84. The molecule has 0 spiro atoms. The van der Waals surface area contributed by atoms with E-state index in [1.807, 2.05) is 0 Å². The summed E-state index contributed by atoms with van der Waals surface area (Å²) in [4.78, 5) is 0. The Labute approximate surface area is 117 Å². The van der Waals surface area contributed by atoms with E-state index in [4.69, 9.17) is 4.52 Å². The smallest absolute Gasteiger partial charge is 0.279 e. The molecule has 0 aliphatic heterocycles. The molecule has 108 valence electrons. The van der Waals surface area contributed by atoms with E-state index in [0.717, 1.165) is 12.8 Å². The average Bonchev–Trinajstić information content (AvgIpc) is 2.94. The third-order valence-electron chi connectivity index (χ3n) is 3.60. The van der Waals surface area contributed by atoms with Gasteiger partial charge in [-0.3, -0.25) is 9.40 Å². The fourth-order valence-electron chi connectivity index (χ4n) is 2.20. The predicted octanol–water partition coefficient (Wildman–Crippen LogP) is 1.78. The van der Waals surface area contributed by atoms with Crippen molar-refractivity contribution in [2.24, 2.45) is 5.92 Å². The first-order valence-corrected chi connectivity index (χ1v) is 8.00. The molecule has 7 nitrogen and oxygen atoms in total. The summed E-state index contributed by atoms with van der Waals surface area (Å²) in [6, 6.07) is 1.50. The first kappa shape index (κ1) is 13.2. The standard InChI is InChI=1S/C12H16N4O3S/c1-9-11(7-14-19-9)15-20(17,18)12-5-6-13-16(12)8-10-3-2-4-10/h5-7,10,15H,2-4,8H2,1H3. The van der Waals surface area contributed by atoms with Crippen molar-refractivity contribution in [2.75, 3.05) is 4.72 Å². The fraction of sp³-hybridized carbons (Fsp3) is 0.500. The number of rotatable bonds is 5. The molecule has 1 saturated carbocycles. The number of aromatic nitrogens is 3. The molecule has 1 aliphatic rings. The van der Waals surface area contributed by atoms with Crippen LogP contribution in [0.2, 0.25) is 0 Å². The average molecular weight is 296 g/mol. The highest BCUT2D eigenvalue weighted by atomic mass is 32.2. The second-order valence-corrected chi connectivity index (χ2v) is 6.68. The second-order valence-electron chi connectivity index (χ2n) is 5.05. The van der Waals surface area contributed by atoms with E-state index in [9.17, 15) is 8.42 Å². The van der Waals surface area contributed by atoms with Crippen LogP contribution < -0.4 is 4.72 Å². The van der Waals surface area contributed by atoms with Crippen LogP contribution in [0.1, 0.15) is 25.0 Å². The summed E-state index contributed by atoms with van der Waals surface area (Å²) in [7, 11) is -3.67. The van der Waals surface area contributed by atoms with Gasteiger partial charge < -0.3 is 4.52 Å². The molecule has 1 aliphatic carbocycles. The molecule has 0 saturated heterocycles. The van der Waals surface area contributed by atoms with Crippen LogP contribution in [0.3, 0.4) is 0 Å². The summed E-state index contributed by atoms with van der Waals surface area (Å²) in [6.07, 6.45) is 6.34. The Morgan fingerprint density at radius 3 is 2.90 bits per heavy atom. The van der Waals surface area contributed by atoms with E-state index in [0.29, 0.717) is 23.9 Å². The molecule has 0 amide bonds. The summed E-state index contributed by atoms with van der Waals surface area (Å²) < 4.78 is 33.6. The molecule has 0 radical (unpaired) electrons. The van der Waals surface area contributed by atoms with Gasteiger partial charge in [0, 0.05) is 6.54 Å². The minimum atomic E-state index is -3.67. The molecule has 20 heavy (non-hydrogen) atoms. The number of hydrogen-bond donors (Lipinski definition) is 1. The molecular weight excluding hydrogens is 280 g/mol. The number of anilines is 1. The molecule has 1 fully saturated rings. The van der Waals surface area contributed by atoms with Crippen LogP contribution >= 0.6 is 0 Å². The Morgan fingerprint density at radius 2 is 2.30 bits per heavy atom. The summed E-state index contributed by atoms with van der Waals surface area (Å²) in [5.41, 5.74) is 0.349. The maximum absolute atomic E-state index is 12.4. The molecule has 1 N–H and O–H groups in total. The zero-order valence-electron chi connectivity index (χ0n) is 11.1. The maximum Gasteiger partial charge on any atom is 0.279 e. The van der Waals surface area contributed by atoms with E-state index >= 15 is 0 Å². The normalized spacial score (nSPS) is 16.1. The molecular formula is C12H16N4O3S. The van der Waals surface area contributed by atoms with E-state index in [1.165, 1.54) is 24.9 Å². The molecule has 0 atom stereocenters. The topological polar surface area (TPSA) is 90.0 Å². The van der Waals surface area contributed by atoms with Gasteiger partial charge in [-0.2, -0.15) is 13.5 Å². The van der Waals surface area contributed by atoms with Crippen LogP contribution in [0.5, 0.6) is 0 Å².